The maximum atomic E-state index is 12.7. The Kier molecular flexibility index (Phi) is 6.15. The highest BCUT2D eigenvalue weighted by atomic mass is 19.1. The highest BCUT2D eigenvalue weighted by molar-refractivity contribution is 5.21. The van der Waals surface area contributed by atoms with Gasteiger partial charge in [-0.3, -0.25) is 0 Å². The second-order valence-corrected chi connectivity index (χ2v) is 5.42. The molecule has 0 amide bonds. The van der Waals surface area contributed by atoms with Crippen LogP contribution in [0, 0.1) is 5.82 Å². The van der Waals surface area contributed by atoms with E-state index in [2.05, 4.69) is 0 Å². The molecule has 0 aliphatic carbocycles. The number of rotatable bonds is 8. The van der Waals surface area contributed by atoms with Crippen molar-refractivity contribution in [2.24, 2.45) is 0 Å². The fourth-order valence-corrected chi connectivity index (χ4v) is 2.68. The lowest BCUT2D eigenvalue weighted by molar-refractivity contribution is -0.887. The summed E-state index contributed by atoms with van der Waals surface area (Å²) in [5, 5.41) is 0. The van der Waals surface area contributed by atoms with Crippen molar-refractivity contribution in [3.8, 4) is 5.75 Å². The molecule has 0 spiro atoms. The van der Waals surface area contributed by atoms with Crippen LogP contribution in [0.15, 0.2) is 24.3 Å². The van der Waals surface area contributed by atoms with Gasteiger partial charge in [0, 0.05) is 12.8 Å². The Bertz CT molecular complexity index is 346. The molecule has 0 bridgehead atoms. The van der Waals surface area contributed by atoms with E-state index in [1.54, 1.807) is 17.0 Å². The zero-order chi connectivity index (χ0) is 13.3. The minimum absolute atomic E-state index is 0.211. The van der Waals surface area contributed by atoms with Crippen molar-refractivity contribution in [1.29, 1.82) is 0 Å². The third-order valence-corrected chi connectivity index (χ3v) is 3.82. The summed E-state index contributed by atoms with van der Waals surface area (Å²) in [5.74, 6) is 0.555. The Balaban J connectivity index is 1.44. The van der Waals surface area contributed by atoms with Gasteiger partial charge in [0.05, 0.1) is 26.2 Å². The molecule has 2 nitrogen and oxygen atoms in total. The molecule has 0 radical (unpaired) electrons. The van der Waals surface area contributed by atoms with Crippen molar-refractivity contribution in [3.63, 3.8) is 0 Å². The van der Waals surface area contributed by atoms with Gasteiger partial charge in [-0.1, -0.05) is 0 Å². The van der Waals surface area contributed by atoms with Crippen molar-refractivity contribution >= 4 is 0 Å². The van der Waals surface area contributed by atoms with Crippen LogP contribution in [0.5, 0.6) is 5.75 Å². The number of unbranched alkanes of at least 4 members (excludes halogenated alkanes) is 3. The number of quaternary nitrogens is 1. The van der Waals surface area contributed by atoms with E-state index in [0.717, 1.165) is 18.8 Å². The van der Waals surface area contributed by atoms with Gasteiger partial charge >= 0.3 is 0 Å². The van der Waals surface area contributed by atoms with Gasteiger partial charge in [-0.25, -0.2) is 4.39 Å². The van der Waals surface area contributed by atoms with Crippen LogP contribution in [0.25, 0.3) is 0 Å². The summed E-state index contributed by atoms with van der Waals surface area (Å²) in [6.45, 7) is 4.85. The van der Waals surface area contributed by atoms with Crippen LogP contribution in [0.1, 0.15) is 38.5 Å². The molecule has 0 saturated carbocycles. The first-order chi connectivity index (χ1) is 9.34. The summed E-state index contributed by atoms with van der Waals surface area (Å²) in [7, 11) is 0. The molecule has 1 N–H and O–H groups in total. The number of ether oxygens (including phenoxy) is 1. The predicted molar refractivity (Wildman–Crippen MR) is 75.2 cm³/mol. The summed E-state index contributed by atoms with van der Waals surface area (Å²) >= 11 is 0. The summed E-state index contributed by atoms with van der Waals surface area (Å²) in [5.41, 5.74) is 0. The predicted octanol–water partition coefficient (Wildman–Crippen LogP) is 2.44. The van der Waals surface area contributed by atoms with E-state index >= 15 is 0 Å². The van der Waals surface area contributed by atoms with E-state index in [1.807, 2.05) is 0 Å². The van der Waals surface area contributed by atoms with Gasteiger partial charge in [0.25, 0.3) is 0 Å². The first-order valence-electron chi connectivity index (χ1n) is 7.56. The van der Waals surface area contributed by atoms with Gasteiger partial charge < -0.3 is 9.64 Å². The van der Waals surface area contributed by atoms with E-state index in [1.165, 1.54) is 63.9 Å². The highest BCUT2D eigenvalue weighted by Crippen LogP contribution is 2.11. The summed E-state index contributed by atoms with van der Waals surface area (Å²) in [6.07, 6.45) is 7.80. The topological polar surface area (TPSA) is 13.7 Å². The van der Waals surface area contributed by atoms with Crippen LogP contribution in [0.3, 0.4) is 0 Å². The second-order valence-electron chi connectivity index (χ2n) is 5.42. The quantitative estimate of drug-likeness (QED) is 0.714. The fraction of sp³-hybridized carbons (Fsp3) is 0.625. The molecule has 0 unspecified atom stereocenters. The molecular weight excluding hydrogens is 241 g/mol. The number of halogens is 1. The molecule has 1 fully saturated rings. The molecule has 1 heterocycles. The zero-order valence-electron chi connectivity index (χ0n) is 11.7. The first kappa shape index (κ1) is 14.3. The molecule has 0 atom stereocenters. The lowest BCUT2D eigenvalue weighted by Gasteiger charge is -2.11. The molecule has 106 valence electrons. The standard InChI is InChI=1S/C16H24FNO/c17-15-7-9-16(10-8-15)19-14-6-2-1-3-11-18-12-4-5-13-18/h7-10H,1-6,11-14H2/p+1. The van der Waals surface area contributed by atoms with E-state index in [4.69, 9.17) is 4.74 Å². The van der Waals surface area contributed by atoms with Gasteiger partial charge in [0.2, 0.25) is 0 Å². The van der Waals surface area contributed by atoms with Crippen LogP contribution >= 0.6 is 0 Å². The summed E-state index contributed by atoms with van der Waals surface area (Å²) in [4.78, 5) is 1.79. The molecule has 1 aromatic carbocycles. The van der Waals surface area contributed by atoms with Gasteiger partial charge in [-0.15, -0.1) is 0 Å². The number of likely N-dealkylation sites (tertiary alicyclic amines) is 1. The van der Waals surface area contributed by atoms with Gasteiger partial charge in [-0.2, -0.15) is 0 Å². The minimum atomic E-state index is -0.211. The van der Waals surface area contributed by atoms with Crippen LogP contribution in [0.4, 0.5) is 4.39 Å². The van der Waals surface area contributed by atoms with Crippen LogP contribution in [0.2, 0.25) is 0 Å². The molecule has 19 heavy (non-hydrogen) atoms. The Morgan fingerprint density at radius 1 is 0.947 bits per heavy atom. The average molecular weight is 266 g/mol. The summed E-state index contributed by atoms with van der Waals surface area (Å²) < 4.78 is 18.3. The first-order valence-corrected chi connectivity index (χ1v) is 7.56. The number of hydrogen-bond donors (Lipinski definition) is 1. The molecule has 3 heteroatoms. The Morgan fingerprint density at radius 3 is 2.37 bits per heavy atom. The van der Waals surface area contributed by atoms with Crippen LogP contribution in [-0.2, 0) is 0 Å². The second kappa shape index (κ2) is 8.16. The smallest absolute Gasteiger partial charge is 0.123 e. The average Bonchev–Trinajstić information content (AvgIpc) is 2.93. The highest BCUT2D eigenvalue weighted by Gasteiger charge is 2.13. The Labute approximate surface area is 115 Å². The van der Waals surface area contributed by atoms with E-state index in [-0.39, 0.29) is 5.82 Å². The molecular formula is C16H25FNO+. The SMILES string of the molecule is Fc1ccc(OCCCCCC[NH+]2CCCC2)cc1. The number of benzene rings is 1. The van der Waals surface area contributed by atoms with Crippen molar-refractivity contribution < 1.29 is 14.0 Å². The minimum Gasteiger partial charge on any atom is -0.494 e. The van der Waals surface area contributed by atoms with Crippen LogP contribution < -0.4 is 9.64 Å². The molecule has 1 saturated heterocycles. The monoisotopic (exact) mass is 266 g/mol. The van der Waals surface area contributed by atoms with Crippen molar-refractivity contribution in [2.45, 2.75) is 38.5 Å². The van der Waals surface area contributed by atoms with Crippen molar-refractivity contribution in [1.82, 2.24) is 0 Å². The largest absolute Gasteiger partial charge is 0.494 e. The van der Waals surface area contributed by atoms with Crippen molar-refractivity contribution in [3.05, 3.63) is 30.1 Å². The molecule has 1 aliphatic rings. The van der Waals surface area contributed by atoms with Gasteiger partial charge in [-0.05, 0) is 49.9 Å². The normalized spacial score (nSPS) is 15.8. The third-order valence-electron chi connectivity index (χ3n) is 3.82. The number of hydrogen-bond acceptors (Lipinski definition) is 1. The molecule has 2 rings (SSSR count). The Morgan fingerprint density at radius 2 is 1.63 bits per heavy atom. The molecule has 1 aromatic rings. The number of nitrogens with one attached hydrogen (secondary N) is 1. The van der Waals surface area contributed by atoms with Crippen molar-refractivity contribution in [2.75, 3.05) is 26.2 Å². The fourth-order valence-electron chi connectivity index (χ4n) is 2.68. The van der Waals surface area contributed by atoms with Gasteiger partial charge in [0.15, 0.2) is 0 Å². The Hall–Kier alpha value is -1.09. The maximum absolute atomic E-state index is 12.7. The summed E-state index contributed by atoms with van der Waals surface area (Å²) in [6, 6.07) is 6.25. The van der Waals surface area contributed by atoms with E-state index in [0.29, 0.717) is 0 Å². The van der Waals surface area contributed by atoms with E-state index in [9.17, 15) is 4.39 Å². The van der Waals surface area contributed by atoms with Gasteiger partial charge in [0.1, 0.15) is 11.6 Å². The lowest BCUT2D eigenvalue weighted by atomic mass is 10.2. The lowest BCUT2D eigenvalue weighted by Crippen LogP contribution is -3.09. The van der Waals surface area contributed by atoms with Crippen LogP contribution in [-0.4, -0.2) is 26.2 Å². The zero-order valence-corrected chi connectivity index (χ0v) is 11.7. The third kappa shape index (κ3) is 5.60. The maximum Gasteiger partial charge on any atom is 0.123 e. The molecule has 0 aromatic heterocycles. The molecule has 1 aliphatic heterocycles. The van der Waals surface area contributed by atoms with E-state index < -0.39 is 0 Å².